The van der Waals surface area contributed by atoms with Crippen LogP contribution in [0.5, 0.6) is 0 Å². The number of carbonyl (C=O) groups excluding carboxylic acids is 1. The van der Waals surface area contributed by atoms with Crippen LogP contribution in [0.3, 0.4) is 0 Å². The topological polar surface area (TPSA) is 67.4 Å². The number of hydrogen-bond donors (Lipinski definition) is 1. The fourth-order valence-corrected chi connectivity index (χ4v) is 7.81. The van der Waals surface area contributed by atoms with Crippen LogP contribution in [0.15, 0.2) is 54.6 Å². The summed E-state index contributed by atoms with van der Waals surface area (Å²) in [6, 6.07) is 21.5. The lowest BCUT2D eigenvalue weighted by Crippen LogP contribution is -2.55. The molecule has 3 aromatic rings. The molecule has 0 radical (unpaired) electrons. The van der Waals surface area contributed by atoms with E-state index in [1.54, 1.807) is 0 Å². The predicted molar refractivity (Wildman–Crippen MR) is 153 cm³/mol. The standard InChI is InChI=1S/C32H43N5O/c1-23-34-28-11-7-8-12-29(28)37(23)27-21-25-13-14-26(22-27)36(25)20-17-32(24-9-5-4-6-10-24)15-18-35(19-16-32)30(38)31(2,3)33/h4-12,25-27H,13-22,33H2,1-3H3/t25-,26?,27?/m0/s1. The Morgan fingerprint density at radius 2 is 1.61 bits per heavy atom. The number of aryl methyl sites for hydroxylation is 1. The first kappa shape index (κ1) is 25.6. The van der Waals surface area contributed by atoms with Crippen molar-refractivity contribution in [2.75, 3.05) is 19.6 Å². The van der Waals surface area contributed by atoms with Gasteiger partial charge in [-0.25, -0.2) is 4.98 Å². The molecular weight excluding hydrogens is 470 g/mol. The lowest BCUT2D eigenvalue weighted by atomic mass is 9.70. The van der Waals surface area contributed by atoms with Gasteiger partial charge in [0.1, 0.15) is 5.82 Å². The molecule has 2 N–H and O–H groups in total. The Kier molecular flexibility index (Phi) is 6.59. The molecule has 38 heavy (non-hydrogen) atoms. The minimum atomic E-state index is -0.810. The number of piperidine rings is 2. The smallest absolute Gasteiger partial charge is 0.242 e. The molecule has 2 bridgehead atoms. The van der Waals surface area contributed by atoms with Gasteiger partial charge >= 0.3 is 0 Å². The summed E-state index contributed by atoms with van der Waals surface area (Å²) in [5.74, 6) is 1.22. The SMILES string of the molecule is Cc1nc2ccccc2n1C1CC2CC[C@@H](C1)N2CCC1(c2ccccc2)CCN(C(=O)C(C)(C)N)CC1. The van der Waals surface area contributed by atoms with Crippen molar-refractivity contribution < 1.29 is 4.79 Å². The monoisotopic (exact) mass is 513 g/mol. The van der Waals surface area contributed by atoms with Crippen LogP contribution >= 0.6 is 0 Å². The van der Waals surface area contributed by atoms with Gasteiger partial charge in [0, 0.05) is 31.2 Å². The van der Waals surface area contributed by atoms with Gasteiger partial charge in [-0.1, -0.05) is 42.5 Å². The second kappa shape index (κ2) is 9.80. The van der Waals surface area contributed by atoms with Crippen LogP contribution in [-0.4, -0.2) is 62.5 Å². The number of nitrogens with zero attached hydrogens (tertiary/aromatic N) is 4. The quantitative estimate of drug-likeness (QED) is 0.492. The zero-order chi connectivity index (χ0) is 26.5. The largest absolute Gasteiger partial charge is 0.341 e. The summed E-state index contributed by atoms with van der Waals surface area (Å²) < 4.78 is 2.52. The van der Waals surface area contributed by atoms with E-state index in [0.29, 0.717) is 18.1 Å². The number of para-hydroxylation sites is 2. The fraction of sp³-hybridized carbons (Fsp3) is 0.562. The number of benzene rings is 2. The Morgan fingerprint density at radius 1 is 0.974 bits per heavy atom. The number of imidazole rings is 1. The van der Waals surface area contributed by atoms with Gasteiger partial charge in [0.15, 0.2) is 0 Å². The number of fused-ring (bicyclic) bond motifs is 3. The minimum Gasteiger partial charge on any atom is -0.341 e. The maximum absolute atomic E-state index is 12.9. The van der Waals surface area contributed by atoms with Crippen molar-refractivity contribution in [2.24, 2.45) is 5.73 Å². The van der Waals surface area contributed by atoms with Crippen molar-refractivity contribution >= 4 is 16.9 Å². The van der Waals surface area contributed by atoms with Crippen molar-refractivity contribution in [1.82, 2.24) is 19.4 Å². The molecular formula is C32H43N5O. The van der Waals surface area contributed by atoms with E-state index in [4.69, 9.17) is 10.7 Å². The van der Waals surface area contributed by atoms with Gasteiger partial charge in [-0.15, -0.1) is 0 Å². The zero-order valence-electron chi connectivity index (χ0n) is 23.3. The molecule has 3 saturated heterocycles. The molecule has 3 fully saturated rings. The number of nitrogens with two attached hydrogens (primary N) is 1. The van der Waals surface area contributed by atoms with E-state index in [-0.39, 0.29) is 11.3 Å². The van der Waals surface area contributed by atoms with Gasteiger partial charge in [0.25, 0.3) is 0 Å². The molecule has 0 aliphatic carbocycles. The van der Waals surface area contributed by atoms with E-state index in [9.17, 15) is 4.79 Å². The Morgan fingerprint density at radius 3 is 2.26 bits per heavy atom. The lowest BCUT2D eigenvalue weighted by Gasteiger charge is -2.46. The summed E-state index contributed by atoms with van der Waals surface area (Å²) in [5.41, 5.74) is 9.31. The molecule has 6 heteroatoms. The molecule has 1 aromatic heterocycles. The molecule has 2 unspecified atom stereocenters. The van der Waals surface area contributed by atoms with Crippen LogP contribution in [-0.2, 0) is 10.2 Å². The maximum Gasteiger partial charge on any atom is 0.242 e. The molecule has 202 valence electrons. The predicted octanol–water partition coefficient (Wildman–Crippen LogP) is 5.20. The second-order valence-corrected chi connectivity index (χ2v) is 12.7. The van der Waals surface area contributed by atoms with E-state index in [1.165, 1.54) is 36.8 Å². The fourth-order valence-electron chi connectivity index (χ4n) is 7.81. The summed E-state index contributed by atoms with van der Waals surface area (Å²) in [6.07, 6.45) is 8.19. The van der Waals surface area contributed by atoms with E-state index < -0.39 is 5.54 Å². The van der Waals surface area contributed by atoms with Gasteiger partial charge in [-0.2, -0.15) is 0 Å². The van der Waals surface area contributed by atoms with Crippen molar-refractivity contribution in [3.63, 3.8) is 0 Å². The summed E-state index contributed by atoms with van der Waals surface area (Å²) in [6.45, 7) is 8.52. The zero-order valence-corrected chi connectivity index (χ0v) is 23.3. The van der Waals surface area contributed by atoms with Crippen molar-refractivity contribution in [3.8, 4) is 0 Å². The van der Waals surface area contributed by atoms with Gasteiger partial charge in [0.05, 0.1) is 16.6 Å². The van der Waals surface area contributed by atoms with Crippen LogP contribution in [0.1, 0.15) is 76.2 Å². The molecule has 3 atom stereocenters. The Hall–Kier alpha value is -2.70. The van der Waals surface area contributed by atoms with E-state index in [0.717, 1.165) is 50.2 Å². The minimum absolute atomic E-state index is 0.0709. The Balaban J connectivity index is 1.17. The average molecular weight is 514 g/mol. The third kappa shape index (κ3) is 4.56. The molecule has 0 spiro atoms. The Bertz CT molecular complexity index is 1270. The summed E-state index contributed by atoms with van der Waals surface area (Å²) in [7, 11) is 0. The third-order valence-electron chi connectivity index (χ3n) is 9.79. The second-order valence-electron chi connectivity index (χ2n) is 12.7. The molecule has 3 aliphatic rings. The van der Waals surface area contributed by atoms with E-state index in [2.05, 4.69) is 71.0 Å². The van der Waals surface area contributed by atoms with E-state index >= 15 is 0 Å². The Labute approximate surface area is 227 Å². The highest BCUT2D eigenvalue weighted by Gasteiger charge is 2.44. The van der Waals surface area contributed by atoms with Crippen molar-refractivity contribution in [2.45, 2.75) is 94.8 Å². The van der Waals surface area contributed by atoms with Crippen LogP contribution in [0, 0.1) is 6.92 Å². The first-order valence-electron chi connectivity index (χ1n) is 14.6. The highest BCUT2D eigenvalue weighted by atomic mass is 16.2. The first-order chi connectivity index (χ1) is 18.2. The van der Waals surface area contributed by atoms with Crippen molar-refractivity contribution in [3.05, 3.63) is 66.0 Å². The lowest BCUT2D eigenvalue weighted by molar-refractivity contribution is -0.137. The molecule has 0 saturated carbocycles. The number of carbonyl (C=O) groups is 1. The van der Waals surface area contributed by atoms with Gasteiger partial charge in [-0.05, 0) is 95.4 Å². The maximum atomic E-state index is 12.9. The summed E-state index contributed by atoms with van der Waals surface area (Å²) in [4.78, 5) is 22.6. The third-order valence-corrected chi connectivity index (χ3v) is 9.79. The first-order valence-corrected chi connectivity index (χ1v) is 14.6. The summed E-state index contributed by atoms with van der Waals surface area (Å²) in [5, 5.41) is 0. The number of hydrogen-bond acceptors (Lipinski definition) is 4. The highest BCUT2D eigenvalue weighted by molar-refractivity contribution is 5.85. The number of amides is 1. The van der Waals surface area contributed by atoms with Gasteiger partial charge < -0.3 is 15.2 Å². The average Bonchev–Trinajstić information content (AvgIpc) is 3.38. The van der Waals surface area contributed by atoms with Crippen LogP contribution in [0.4, 0.5) is 0 Å². The summed E-state index contributed by atoms with van der Waals surface area (Å²) >= 11 is 0. The molecule has 3 aliphatic heterocycles. The highest BCUT2D eigenvalue weighted by Crippen LogP contribution is 2.45. The molecule has 4 heterocycles. The van der Waals surface area contributed by atoms with Gasteiger partial charge in [-0.3, -0.25) is 9.69 Å². The number of aromatic nitrogens is 2. The van der Waals surface area contributed by atoms with Gasteiger partial charge in [0.2, 0.25) is 5.91 Å². The van der Waals surface area contributed by atoms with Crippen molar-refractivity contribution in [1.29, 1.82) is 0 Å². The molecule has 6 rings (SSSR count). The molecule has 2 aromatic carbocycles. The van der Waals surface area contributed by atoms with Crippen LogP contribution in [0.2, 0.25) is 0 Å². The normalized spacial score (nSPS) is 25.7. The molecule has 6 nitrogen and oxygen atoms in total. The van der Waals surface area contributed by atoms with Crippen LogP contribution < -0.4 is 5.73 Å². The number of likely N-dealkylation sites (tertiary alicyclic amines) is 1. The number of rotatable bonds is 6. The van der Waals surface area contributed by atoms with E-state index in [1.807, 2.05) is 18.7 Å². The van der Waals surface area contributed by atoms with Crippen LogP contribution in [0.25, 0.3) is 11.0 Å². The molecule has 1 amide bonds.